The van der Waals surface area contributed by atoms with E-state index in [0.717, 1.165) is 5.56 Å². The summed E-state index contributed by atoms with van der Waals surface area (Å²) in [4.78, 5) is 40.7. The molecule has 0 spiro atoms. The van der Waals surface area contributed by atoms with Crippen LogP contribution in [-0.2, 0) is 27.4 Å². The van der Waals surface area contributed by atoms with Gasteiger partial charge in [-0.1, -0.05) is 30.3 Å². The van der Waals surface area contributed by atoms with Crippen molar-refractivity contribution in [1.29, 1.82) is 0 Å². The zero-order valence-electron chi connectivity index (χ0n) is 21.7. The normalized spacial score (nSPS) is 26.4. The Bertz CT molecular complexity index is 1480. The van der Waals surface area contributed by atoms with Crippen LogP contribution < -0.4 is 10.5 Å². The Morgan fingerprint density at radius 1 is 1.21 bits per heavy atom. The molecule has 0 bridgehead atoms. The molecule has 2 aromatic rings. The first-order valence-electron chi connectivity index (χ1n) is 12.5. The second-order valence-corrected chi connectivity index (χ2v) is 10.6. The van der Waals surface area contributed by atoms with Crippen molar-refractivity contribution in [1.82, 2.24) is 4.90 Å². The molecule has 1 saturated carbocycles. The first-order valence-corrected chi connectivity index (χ1v) is 12.5. The minimum Gasteiger partial charge on any atom is -0.508 e. The maximum Gasteiger partial charge on any atom is 0.255 e. The zero-order valence-corrected chi connectivity index (χ0v) is 21.7. The maximum atomic E-state index is 15.3. The zero-order chi connectivity index (χ0) is 28.4. The largest absolute Gasteiger partial charge is 0.508 e. The number of aryl methyl sites for hydroxylation is 1. The number of nitrogens with two attached hydrogens (primary N) is 1. The van der Waals surface area contributed by atoms with E-state index in [9.17, 15) is 29.7 Å². The van der Waals surface area contributed by atoms with Crippen molar-refractivity contribution >= 4 is 23.2 Å². The Labute approximate surface area is 224 Å². The number of hydrogen-bond acceptors (Lipinski definition) is 8. The molecule has 0 aliphatic heterocycles. The molecule has 0 aromatic heterocycles. The standard InChI is InChI=1S/C29H29FN2O7/c1-13-9-18(30)16-10-15-11-17-22(32(2)3)24(34)21(28(31)37)27(36)29(17,38)26(35)19(15)23(33)20(16)25(13)39-12-14-7-5-4-6-8-14/h4-9,15,17,22,33,36,38H,10-12H2,1-3H3,(H2,31,37)/t15-,17-,22-,29-/m0/s1. The number of aliphatic hydroxyl groups excluding tert-OH is 2. The summed E-state index contributed by atoms with van der Waals surface area (Å²) in [5.41, 5.74) is 2.95. The van der Waals surface area contributed by atoms with E-state index >= 15 is 4.39 Å². The van der Waals surface area contributed by atoms with Gasteiger partial charge in [-0.3, -0.25) is 19.3 Å². The van der Waals surface area contributed by atoms with Crippen LogP contribution in [0.15, 0.2) is 53.3 Å². The Balaban J connectivity index is 1.68. The van der Waals surface area contributed by atoms with Crippen LogP contribution in [0, 0.1) is 24.6 Å². The van der Waals surface area contributed by atoms with Crippen LogP contribution in [-0.4, -0.2) is 63.4 Å². The van der Waals surface area contributed by atoms with Gasteiger partial charge in [-0.2, -0.15) is 0 Å². The number of halogens is 1. The Kier molecular flexibility index (Phi) is 6.35. The number of benzene rings is 2. The summed E-state index contributed by atoms with van der Waals surface area (Å²) in [5.74, 6) is -7.23. The van der Waals surface area contributed by atoms with E-state index in [-0.39, 0.29) is 41.9 Å². The van der Waals surface area contributed by atoms with E-state index in [1.165, 1.54) is 25.1 Å². The molecule has 204 valence electrons. The first-order chi connectivity index (χ1) is 18.4. The van der Waals surface area contributed by atoms with Crippen molar-refractivity contribution in [3.63, 3.8) is 0 Å². The number of aliphatic hydroxyl groups is 3. The number of hydrogen-bond donors (Lipinski definition) is 4. The van der Waals surface area contributed by atoms with E-state index in [1.54, 1.807) is 6.92 Å². The molecule has 1 fully saturated rings. The molecule has 5 rings (SSSR count). The number of amides is 1. The summed E-state index contributed by atoms with van der Waals surface area (Å²) < 4.78 is 21.3. The number of primary amides is 1. The SMILES string of the molecule is Cc1cc(F)c2c(c1OCc1ccccc1)C(O)=C1C(=O)[C@]3(O)C(O)=C(C(N)=O)C(=O)[C@@H](N(C)C)[C@@H]3C[C@@H]1C2. The Hall–Kier alpha value is -4.02. The quantitative estimate of drug-likeness (QED) is 0.425. The molecule has 0 unspecified atom stereocenters. The van der Waals surface area contributed by atoms with Gasteiger partial charge >= 0.3 is 0 Å². The molecule has 3 aliphatic carbocycles. The summed E-state index contributed by atoms with van der Waals surface area (Å²) in [6, 6.07) is 9.35. The average Bonchev–Trinajstić information content (AvgIpc) is 2.86. The van der Waals surface area contributed by atoms with E-state index in [0.29, 0.717) is 5.56 Å². The molecule has 39 heavy (non-hydrogen) atoms. The lowest BCUT2D eigenvalue weighted by atomic mass is 9.57. The van der Waals surface area contributed by atoms with E-state index in [1.807, 2.05) is 30.3 Å². The molecule has 0 heterocycles. The number of carbonyl (C=O) groups is 3. The van der Waals surface area contributed by atoms with Crippen LogP contribution in [0.2, 0.25) is 0 Å². The summed E-state index contributed by atoms with van der Waals surface area (Å²) in [6.07, 6.45) is -0.0678. The van der Waals surface area contributed by atoms with Gasteiger partial charge in [0.15, 0.2) is 11.4 Å². The Morgan fingerprint density at radius 2 is 1.87 bits per heavy atom. The third-order valence-electron chi connectivity index (χ3n) is 8.06. The molecule has 3 aliphatic rings. The third-order valence-corrected chi connectivity index (χ3v) is 8.06. The minimum atomic E-state index is -2.70. The summed E-state index contributed by atoms with van der Waals surface area (Å²) in [5, 5.41) is 34.1. The molecule has 4 atom stereocenters. The number of likely N-dealkylation sites (N-methyl/N-ethyl adjacent to an activating group) is 1. The van der Waals surface area contributed by atoms with Gasteiger partial charge in [0.05, 0.1) is 11.6 Å². The number of rotatable bonds is 5. The van der Waals surface area contributed by atoms with Crippen molar-refractivity contribution in [3.05, 3.63) is 81.4 Å². The average molecular weight is 537 g/mol. The molecule has 1 amide bonds. The number of Topliss-reactive ketones (excluding diaryl/α,β-unsaturated/α-hetero) is 2. The highest BCUT2D eigenvalue weighted by molar-refractivity contribution is 6.24. The predicted molar refractivity (Wildman–Crippen MR) is 138 cm³/mol. The van der Waals surface area contributed by atoms with Crippen molar-refractivity contribution < 1.29 is 38.8 Å². The van der Waals surface area contributed by atoms with Gasteiger partial charge in [0.1, 0.15) is 35.3 Å². The molecule has 5 N–H and O–H groups in total. The second kappa shape index (κ2) is 9.32. The number of carbonyl (C=O) groups excluding carboxylic acids is 3. The molecule has 10 heteroatoms. The topological polar surface area (TPSA) is 150 Å². The van der Waals surface area contributed by atoms with Gasteiger partial charge in [0, 0.05) is 17.1 Å². The van der Waals surface area contributed by atoms with Crippen molar-refractivity contribution in [3.8, 4) is 5.75 Å². The number of ketones is 2. The van der Waals surface area contributed by atoms with E-state index < -0.39 is 63.9 Å². The van der Waals surface area contributed by atoms with Gasteiger partial charge < -0.3 is 25.8 Å². The maximum absolute atomic E-state index is 15.3. The van der Waals surface area contributed by atoms with Crippen LogP contribution >= 0.6 is 0 Å². The van der Waals surface area contributed by atoms with E-state index in [4.69, 9.17) is 10.5 Å². The molecular weight excluding hydrogens is 507 g/mol. The van der Waals surface area contributed by atoms with Gasteiger partial charge in [-0.05, 0) is 57.0 Å². The highest BCUT2D eigenvalue weighted by atomic mass is 19.1. The van der Waals surface area contributed by atoms with Crippen LogP contribution in [0.4, 0.5) is 4.39 Å². The van der Waals surface area contributed by atoms with Gasteiger partial charge in [-0.25, -0.2) is 4.39 Å². The third kappa shape index (κ3) is 3.85. The van der Waals surface area contributed by atoms with Crippen LogP contribution in [0.1, 0.15) is 28.7 Å². The van der Waals surface area contributed by atoms with Crippen molar-refractivity contribution in [2.24, 2.45) is 17.6 Å². The molecular formula is C29H29FN2O7. The van der Waals surface area contributed by atoms with Crippen molar-refractivity contribution in [2.45, 2.75) is 38.0 Å². The monoisotopic (exact) mass is 536 g/mol. The molecule has 9 nitrogen and oxygen atoms in total. The van der Waals surface area contributed by atoms with Crippen LogP contribution in [0.3, 0.4) is 0 Å². The van der Waals surface area contributed by atoms with E-state index in [2.05, 4.69) is 0 Å². The molecule has 0 radical (unpaired) electrons. The fourth-order valence-electron chi connectivity index (χ4n) is 6.29. The fraction of sp³-hybridized carbons (Fsp3) is 0.345. The van der Waals surface area contributed by atoms with Crippen LogP contribution in [0.25, 0.3) is 5.76 Å². The number of fused-ring (bicyclic) bond motifs is 3. The van der Waals surface area contributed by atoms with Gasteiger partial charge in [-0.15, -0.1) is 0 Å². The smallest absolute Gasteiger partial charge is 0.255 e. The molecule has 0 saturated heterocycles. The van der Waals surface area contributed by atoms with Gasteiger partial charge in [0.2, 0.25) is 5.78 Å². The fourth-order valence-corrected chi connectivity index (χ4v) is 6.29. The Morgan fingerprint density at radius 3 is 2.49 bits per heavy atom. The highest BCUT2D eigenvalue weighted by Gasteiger charge is 2.64. The lowest BCUT2D eigenvalue weighted by Crippen LogP contribution is -2.65. The summed E-state index contributed by atoms with van der Waals surface area (Å²) in [7, 11) is 3.07. The van der Waals surface area contributed by atoms with Crippen molar-refractivity contribution in [2.75, 3.05) is 14.1 Å². The minimum absolute atomic E-state index is 0.000259. The predicted octanol–water partition coefficient (Wildman–Crippen LogP) is 2.28. The molecule has 2 aromatic carbocycles. The lowest BCUT2D eigenvalue weighted by molar-refractivity contribution is -0.153. The first kappa shape index (κ1) is 26.6. The highest BCUT2D eigenvalue weighted by Crippen LogP contribution is 2.53. The number of ether oxygens (including phenoxy) is 1. The summed E-state index contributed by atoms with van der Waals surface area (Å²) in [6.45, 7) is 1.73. The second-order valence-electron chi connectivity index (χ2n) is 10.6. The lowest BCUT2D eigenvalue weighted by Gasteiger charge is -2.50. The number of nitrogens with zero attached hydrogens (tertiary/aromatic N) is 1. The van der Waals surface area contributed by atoms with Gasteiger partial charge in [0.25, 0.3) is 5.91 Å². The summed E-state index contributed by atoms with van der Waals surface area (Å²) >= 11 is 0. The van der Waals surface area contributed by atoms with Crippen LogP contribution in [0.5, 0.6) is 5.75 Å².